The van der Waals surface area contributed by atoms with Gasteiger partial charge in [-0.05, 0) is 26.2 Å². The van der Waals surface area contributed by atoms with Gasteiger partial charge in [-0.2, -0.15) is 0 Å². The summed E-state index contributed by atoms with van der Waals surface area (Å²) in [7, 11) is 3.48. The van der Waals surface area contributed by atoms with Gasteiger partial charge in [0.05, 0.1) is 13.2 Å². The van der Waals surface area contributed by atoms with Crippen LogP contribution in [0.25, 0.3) is 0 Å². The van der Waals surface area contributed by atoms with Crippen molar-refractivity contribution in [3.63, 3.8) is 0 Å². The van der Waals surface area contributed by atoms with Crippen molar-refractivity contribution in [1.82, 2.24) is 9.80 Å². The van der Waals surface area contributed by atoms with Gasteiger partial charge in [0.25, 0.3) is 0 Å². The largest absolute Gasteiger partial charge is 0.383 e. The molecule has 0 radical (unpaired) electrons. The molecule has 0 atom stereocenters. The number of hydrogen-bond acceptors (Lipinski definition) is 4. The van der Waals surface area contributed by atoms with Crippen molar-refractivity contribution in [3.8, 4) is 0 Å². The van der Waals surface area contributed by atoms with E-state index in [1.54, 1.807) is 14.2 Å². The molecule has 0 aromatic rings. The maximum absolute atomic E-state index is 4.93. The molecule has 0 spiro atoms. The van der Waals surface area contributed by atoms with Gasteiger partial charge < -0.3 is 19.3 Å². The van der Waals surface area contributed by atoms with Crippen LogP contribution in [-0.2, 0) is 9.47 Å². The number of methoxy groups -OCH3 is 2. The predicted molar refractivity (Wildman–Crippen MR) is 79.3 cm³/mol. The molecule has 112 valence electrons. The molecule has 0 aliphatic carbocycles. The van der Waals surface area contributed by atoms with Gasteiger partial charge in [0.1, 0.15) is 0 Å². The van der Waals surface area contributed by atoms with Crippen molar-refractivity contribution < 1.29 is 9.47 Å². The molecule has 0 aliphatic rings. The second-order valence-corrected chi connectivity index (χ2v) is 4.04. The smallest absolute Gasteiger partial charge is 0.0589 e. The SMILES string of the molecule is CCN(CC)CCOC.CCN(CC)CCOC. The van der Waals surface area contributed by atoms with Gasteiger partial charge in [0.15, 0.2) is 0 Å². The van der Waals surface area contributed by atoms with Crippen LogP contribution < -0.4 is 0 Å². The van der Waals surface area contributed by atoms with Crippen LogP contribution in [-0.4, -0.2) is 76.5 Å². The van der Waals surface area contributed by atoms with Crippen molar-refractivity contribution in [2.24, 2.45) is 0 Å². The van der Waals surface area contributed by atoms with Crippen molar-refractivity contribution in [3.05, 3.63) is 0 Å². The summed E-state index contributed by atoms with van der Waals surface area (Å²) in [6.07, 6.45) is 0. The van der Waals surface area contributed by atoms with E-state index in [1.165, 1.54) is 0 Å². The van der Waals surface area contributed by atoms with Crippen molar-refractivity contribution >= 4 is 0 Å². The highest BCUT2D eigenvalue weighted by atomic mass is 16.5. The lowest BCUT2D eigenvalue weighted by atomic mass is 10.5. The lowest BCUT2D eigenvalue weighted by Gasteiger charge is -2.16. The van der Waals surface area contributed by atoms with Crippen LogP contribution in [0.1, 0.15) is 27.7 Å². The van der Waals surface area contributed by atoms with Crippen molar-refractivity contribution in [2.45, 2.75) is 27.7 Å². The highest BCUT2D eigenvalue weighted by Gasteiger charge is 1.95. The molecule has 0 saturated heterocycles. The number of nitrogens with zero attached hydrogens (tertiary/aromatic N) is 2. The van der Waals surface area contributed by atoms with Gasteiger partial charge in [-0.3, -0.25) is 0 Å². The second kappa shape index (κ2) is 16.8. The first-order chi connectivity index (χ1) is 8.69. The van der Waals surface area contributed by atoms with Gasteiger partial charge in [-0.25, -0.2) is 0 Å². The van der Waals surface area contributed by atoms with E-state index >= 15 is 0 Å². The highest BCUT2D eigenvalue weighted by Crippen LogP contribution is 1.85. The minimum absolute atomic E-state index is 0.849. The fraction of sp³-hybridized carbons (Fsp3) is 1.00. The molecule has 0 aromatic carbocycles. The number of likely N-dealkylation sites (N-methyl/N-ethyl adjacent to an activating group) is 2. The fourth-order valence-corrected chi connectivity index (χ4v) is 1.52. The van der Waals surface area contributed by atoms with E-state index in [4.69, 9.17) is 9.47 Å². The Bertz CT molecular complexity index is 122. The Morgan fingerprint density at radius 3 is 1.06 bits per heavy atom. The van der Waals surface area contributed by atoms with Gasteiger partial charge in [-0.15, -0.1) is 0 Å². The zero-order chi connectivity index (χ0) is 14.2. The number of ether oxygens (including phenoxy) is 2. The molecule has 18 heavy (non-hydrogen) atoms. The average Bonchev–Trinajstić information content (AvgIpc) is 2.42. The van der Waals surface area contributed by atoms with E-state index in [1.807, 2.05) is 0 Å². The lowest BCUT2D eigenvalue weighted by molar-refractivity contribution is 0.154. The lowest BCUT2D eigenvalue weighted by Crippen LogP contribution is -2.26. The quantitative estimate of drug-likeness (QED) is 0.601. The van der Waals surface area contributed by atoms with Crippen LogP contribution in [0.3, 0.4) is 0 Å². The average molecular weight is 262 g/mol. The molecular weight excluding hydrogens is 228 g/mol. The fourth-order valence-electron chi connectivity index (χ4n) is 1.52. The Hall–Kier alpha value is -0.160. The molecule has 0 N–H and O–H groups in total. The van der Waals surface area contributed by atoms with Gasteiger partial charge >= 0.3 is 0 Å². The third-order valence-electron chi connectivity index (χ3n) is 3.01. The summed E-state index contributed by atoms with van der Waals surface area (Å²) in [6, 6.07) is 0. The van der Waals surface area contributed by atoms with E-state index in [2.05, 4.69) is 37.5 Å². The molecule has 0 aliphatic heterocycles. The first-order valence-electron chi connectivity index (χ1n) is 7.12. The monoisotopic (exact) mass is 262 g/mol. The van der Waals surface area contributed by atoms with E-state index in [-0.39, 0.29) is 0 Å². The first kappa shape index (κ1) is 20.2. The van der Waals surface area contributed by atoms with Crippen LogP contribution in [0.2, 0.25) is 0 Å². The van der Waals surface area contributed by atoms with E-state index in [0.29, 0.717) is 0 Å². The Morgan fingerprint density at radius 2 is 0.889 bits per heavy atom. The first-order valence-corrected chi connectivity index (χ1v) is 7.12. The Labute approximate surface area is 114 Å². The zero-order valence-electron chi connectivity index (χ0n) is 13.4. The van der Waals surface area contributed by atoms with E-state index in [0.717, 1.165) is 52.5 Å². The Morgan fingerprint density at radius 1 is 0.611 bits per heavy atom. The molecule has 0 amide bonds. The maximum atomic E-state index is 4.93. The summed E-state index contributed by atoms with van der Waals surface area (Å²) in [5.74, 6) is 0. The minimum Gasteiger partial charge on any atom is -0.383 e. The zero-order valence-corrected chi connectivity index (χ0v) is 13.4. The van der Waals surface area contributed by atoms with Crippen molar-refractivity contribution in [2.75, 3.05) is 66.7 Å². The Kier molecular flexibility index (Phi) is 18.9. The summed E-state index contributed by atoms with van der Waals surface area (Å²) in [6.45, 7) is 17.0. The maximum Gasteiger partial charge on any atom is 0.0589 e. The van der Waals surface area contributed by atoms with Crippen LogP contribution >= 0.6 is 0 Å². The molecule has 0 rings (SSSR count). The third-order valence-corrected chi connectivity index (χ3v) is 3.01. The number of hydrogen-bond donors (Lipinski definition) is 0. The second-order valence-electron chi connectivity index (χ2n) is 4.04. The molecule has 0 fully saturated rings. The molecule has 0 heterocycles. The van der Waals surface area contributed by atoms with E-state index < -0.39 is 0 Å². The normalized spacial score (nSPS) is 10.7. The summed E-state index contributed by atoms with van der Waals surface area (Å²) < 4.78 is 9.87. The standard InChI is InChI=1S/2C7H17NO/c2*1-4-8(5-2)6-7-9-3/h2*4-7H2,1-3H3. The summed E-state index contributed by atoms with van der Waals surface area (Å²) in [5.41, 5.74) is 0. The third kappa shape index (κ3) is 13.9. The molecule has 4 heteroatoms. The summed E-state index contributed by atoms with van der Waals surface area (Å²) >= 11 is 0. The number of rotatable bonds is 10. The van der Waals surface area contributed by atoms with Crippen LogP contribution in [0, 0.1) is 0 Å². The van der Waals surface area contributed by atoms with Crippen LogP contribution in [0.5, 0.6) is 0 Å². The molecule has 0 bridgehead atoms. The van der Waals surface area contributed by atoms with Gasteiger partial charge in [-0.1, -0.05) is 27.7 Å². The highest BCUT2D eigenvalue weighted by molar-refractivity contribution is 4.49. The van der Waals surface area contributed by atoms with Crippen molar-refractivity contribution in [1.29, 1.82) is 0 Å². The van der Waals surface area contributed by atoms with Gasteiger partial charge in [0.2, 0.25) is 0 Å². The molecule has 4 nitrogen and oxygen atoms in total. The predicted octanol–water partition coefficient (Wildman–Crippen LogP) is 1.95. The van der Waals surface area contributed by atoms with Crippen LogP contribution in [0.4, 0.5) is 0 Å². The van der Waals surface area contributed by atoms with E-state index in [9.17, 15) is 0 Å². The molecule has 0 saturated carbocycles. The Balaban J connectivity index is 0. The van der Waals surface area contributed by atoms with Crippen LogP contribution in [0.15, 0.2) is 0 Å². The molecule has 0 unspecified atom stereocenters. The summed E-state index contributed by atoms with van der Waals surface area (Å²) in [4.78, 5) is 4.67. The van der Waals surface area contributed by atoms with Gasteiger partial charge in [0, 0.05) is 27.3 Å². The minimum atomic E-state index is 0.849. The molecule has 0 aromatic heterocycles. The topological polar surface area (TPSA) is 24.9 Å². The summed E-state index contributed by atoms with van der Waals surface area (Å²) in [5, 5.41) is 0. The molecular formula is C14H34N2O2.